The molecule has 0 bridgehead atoms. The third kappa shape index (κ3) is 5.94. The Morgan fingerprint density at radius 1 is 0.408 bits per heavy atom. The van der Waals surface area contributed by atoms with Gasteiger partial charge in [0, 0.05) is 22.5 Å². The minimum absolute atomic E-state index is 0.128. The van der Waals surface area contributed by atoms with Gasteiger partial charge in [-0.2, -0.15) is 0 Å². The number of benzene rings is 5. The molecule has 0 atom stereocenters. The van der Waals surface area contributed by atoms with E-state index in [1.54, 1.807) is 0 Å². The Morgan fingerprint density at radius 3 is 1.12 bits per heavy atom. The summed E-state index contributed by atoms with van der Waals surface area (Å²) in [5.41, 5.74) is 17.8. The van der Waals surface area contributed by atoms with E-state index >= 15 is 0 Å². The molecule has 5 aromatic rings. The average molecular weight is 646 g/mol. The lowest BCUT2D eigenvalue weighted by Gasteiger charge is -2.42. The molecule has 0 saturated heterocycles. The van der Waals surface area contributed by atoms with E-state index in [1.165, 1.54) is 98.4 Å². The molecular formula is C48H55N. The van der Waals surface area contributed by atoms with Crippen LogP contribution in [-0.4, -0.2) is 0 Å². The van der Waals surface area contributed by atoms with Crippen molar-refractivity contribution in [3.05, 3.63) is 137 Å². The molecule has 1 nitrogen and oxygen atoms in total. The summed E-state index contributed by atoms with van der Waals surface area (Å²) < 4.78 is 0. The van der Waals surface area contributed by atoms with Crippen LogP contribution in [0.2, 0.25) is 0 Å². The smallest absolute Gasteiger partial charge is 0.0618 e. The van der Waals surface area contributed by atoms with E-state index in [2.05, 4.69) is 177 Å². The topological polar surface area (TPSA) is 3.24 Å². The Hall–Kier alpha value is -4.10. The molecular weight excluding hydrogens is 591 g/mol. The van der Waals surface area contributed by atoms with Crippen molar-refractivity contribution in [2.45, 2.75) is 117 Å². The van der Waals surface area contributed by atoms with E-state index in [1.807, 2.05) is 0 Å². The first-order valence-corrected chi connectivity index (χ1v) is 18.4. The van der Waals surface area contributed by atoms with Crippen molar-refractivity contribution >= 4 is 17.1 Å². The molecule has 0 saturated carbocycles. The number of rotatable bonds is 5. The van der Waals surface area contributed by atoms with Crippen molar-refractivity contribution in [3.63, 3.8) is 0 Å². The summed E-state index contributed by atoms with van der Waals surface area (Å²) in [7, 11) is 0. The van der Waals surface area contributed by atoms with Crippen LogP contribution in [0.25, 0.3) is 22.3 Å². The van der Waals surface area contributed by atoms with Gasteiger partial charge in [-0.3, -0.25) is 0 Å². The third-order valence-electron chi connectivity index (χ3n) is 12.2. The number of aryl methyl sites for hydroxylation is 2. The molecule has 0 aromatic heterocycles. The van der Waals surface area contributed by atoms with E-state index in [-0.39, 0.29) is 21.7 Å². The van der Waals surface area contributed by atoms with Gasteiger partial charge >= 0.3 is 0 Å². The predicted octanol–water partition coefficient (Wildman–Crippen LogP) is 13.8. The molecule has 2 aliphatic rings. The first-order valence-electron chi connectivity index (χ1n) is 18.4. The SMILES string of the molecule is Cc1ccc(N(c2ccc(C)cc2)c2c(-c3ccc4c(c3)C(C)(C)CCC4(C)C)cccc2-c2ccc3c(c2)C(C)(C)CCC3(C)C)cc1. The molecule has 0 spiro atoms. The summed E-state index contributed by atoms with van der Waals surface area (Å²) in [4.78, 5) is 2.51. The molecule has 49 heavy (non-hydrogen) atoms. The summed E-state index contributed by atoms with van der Waals surface area (Å²) >= 11 is 0. The van der Waals surface area contributed by atoms with Gasteiger partial charge in [0.25, 0.3) is 0 Å². The zero-order chi connectivity index (χ0) is 34.9. The molecule has 0 aliphatic heterocycles. The van der Waals surface area contributed by atoms with Gasteiger partial charge in [-0.05, 0) is 119 Å². The number of hydrogen-bond donors (Lipinski definition) is 0. The summed E-state index contributed by atoms with van der Waals surface area (Å²) in [5, 5.41) is 0. The van der Waals surface area contributed by atoms with Crippen molar-refractivity contribution < 1.29 is 0 Å². The molecule has 1 heteroatoms. The molecule has 0 radical (unpaired) electrons. The van der Waals surface area contributed by atoms with Crippen molar-refractivity contribution in [2.75, 3.05) is 4.90 Å². The predicted molar refractivity (Wildman–Crippen MR) is 212 cm³/mol. The Balaban J connectivity index is 1.54. The lowest BCUT2D eigenvalue weighted by Crippen LogP contribution is -2.33. The van der Waals surface area contributed by atoms with Crippen LogP contribution < -0.4 is 4.90 Å². The number of nitrogens with zero attached hydrogens (tertiary/aromatic N) is 1. The lowest BCUT2D eigenvalue weighted by atomic mass is 9.62. The Bertz CT molecular complexity index is 1870. The minimum Gasteiger partial charge on any atom is -0.309 e. The van der Waals surface area contributed by atoms with Gasteiger partial charge in [-0.1, -0.05) is 145 Å². The zero-order valence-corrected chi connectivity index (χ0v) is 31.6. The first-order chi connectivity index (χ1) is 23.1. The van der Waals surface area contributed by atoms with Crippen molar-refractivity contribution in [1.29, 1.82) is 0 Å². The molecule has 0 fully saturated rings. The average Bonchev–Trinajstić information content (AvgIpc) is 3.07. The number of fused-ring (bicyclic) bond motifs is 2. The van der Waals surface area contributed by atoms with E-state index in [0.717, 1.165) is 0 Å². The molecule has 252 valence electrons. The Kier molecular flexibility index (Phi) is 8.01. The maximum atomic E-state index is 2.53. The molecule has 0 N–H and O–H groups in total. The van der Waals surface area contributed by atoms with Gasteiger partial charge in [0.05, 0.1) is 5.69 Å². The van der Waals surface area contributed by atoms with Gasteiger partial charge in [0.2, 0.25) is 0 Å². The van der Waals surface area contributed by atoms with E-state index < -0.39 is 0 Å². The lowest BCUT2D eigenvalue weighted by molar-refractivity contribution is 0.332. The Labute approximate surface area is 296 Å². The number of anilines is 3. The Morgan fingerprint density at radius 2 is 0.755 bits per heavy atom. The summed E-state index contributed by atoms with van der Waals surface area (Å²) in [6, 6.07) is 39.8. The normalized spacial score (nSPS) is 18.3. The highest BCUT2D eigenvalue weighted by Gasteiger charge is 2.39. The highest BCUT2D eigenvalue weighted by Crippen LogP contribution is 2.52. The van der Waals surface area contributed by atoms with Crippen LogP contribution >= 0.6 is 0 Å². The fourth-order valence-electron chi connectivity index (χ4n) is 8.56. The van der Waals surface area contributed by atoms with Gasteiger partial charge in [-0.25, -0.2) is 0 Å². The molecule has 0 amide bonds. The summed E-state index contributed by atoms with van der Waals surface area (Å²) in [6.07, 6.45) is 4.83. The molecule has 2 aliphatic carbocycles. The first kappa shape index (κ1) is 33.4. The van der Waals surface area contributed by atoms with Crippen molar-refractivity contribution in [1.82, 2.24) is 0 Å². The van der Waals surface area contributed by atoms with Gasteiger partial charge in [-0.15, -0.1) is 0 Å². The van der Waals surface area contributed by atoms with Crippen LogP contribution in [0.1, 0.15) is 114 Å². The second kappa shape index (κ2) is 11.8. The zero-order valence-electron chi connectivity index (χ0n) is 31.6. The van der Waals surface area contributed by atoms with Gasteiger partial charge in [0.1, 0.15) is 0 Å². The largest absolute Gasteiger partial charge is 0.309 e. The standard InChI is InChI=1S/C48H55N/c1-32-14-20-36(21-15-32)49(37-22-16-33(2)17-23-37)44-38(34-18-24-40-42(30-34)47(7,8)28-26-45(40,3)4)12-11-13-39(44)35-19-25-41-43(31-35)48(9,10)29-27-46(41,5)6/h11-25,30-31H,26-29H2,1-10H3. The molecule has 5 aromatic carbocycles. The summed E-state index contributed by atoms with van der Waals surface area (Å²) in [5.74, 6) is 0. The highest BCUT2D eigenvalue weighted by molar-refractivity contribution is 5.98. The number of hydrogen-bond acceptors (Lipinski definition) is 1. The fraction of sp³-hybridized carbons (Fsp3) is 0.375. The second-order valence-corrected chi connectivity index (χ2v) is 17.8. The van der Waals surface area contributed by atoms with Crippen LogP contribution in [0.3, 0.4) is 0 Å². The number of para-hydroxylation sites is 1. The molecule has 0 unspecified atom stereocenters. The third-order valence-corrected chi connectivity index (χ3v) is 12.2. The molecule has 7 rings (SSSR count). The van der Waals surface area contributed by atoms with Crippen molar-refractivity contribution in [3.8, 4) is 22.3 Å². The van der Waals surface area contributed by atoms with Gasteiger partial charge < -0.3 is 4.90 Å². The monoisotopic (exact) mass is 645 g/mol. The van der Waals surface area contributed by atoms with Crippen LogP contribution in [0, 0.1) is 13.8 Å². The quantitative estimate of drug-likeness (QED) is 0.184. The van der Waals surface area contributed by atoms with Crippen molar-refractivity contribution in [2.24, 2.45) is 0 Å². The molecule has 0 heterocycles. The summed E-state index contributed by atoms with van der Waals surface area (Å²) in [6.45, 7) is 23.8. The van der Waals surface area contributed by atoms with Crippen LogP contribution in [-0.2, 0) is 21.7 Å². The maximum absolute atomic E-state index is 2.53. The van der Waals surface area contributed by atoms with Crippen LogP contribution in [0.15, 0.2) is 103 Å². The fourth-order valence-corrected chi connectivity index (χ4v) is 8.56. The second-order valence-electron chi connectivity index (χ2n) is 17.8. The van der Waals surface area contributed by atoms with E-state index in [4.69, 9.17) is 0 Å². The van der Waals surface area contributed by atoms with Crippen LogP contribution in [0.4, 0.5) is 17.1 Å². The van der Waals surface area contributed by atoms with Crippen LogP contribution in [0.5, 0.6) is 0 Å². The minimum atomic E-state index is 0.128. The van der Waals surface area contributed by atoms with E-state index in [9.17, 15) is 0 Å². The van der Waals surface area contributed by atoms with Gasteiger partial charge in [0.15, 0.2) is 0 Å². The highest BCUT2D eigenvalue weighted by atomic mass is 15.1. The maximum Gasteiger partial charge on any atom is 0.0618 e. The van der Waals surface area contributed by atoms with E-state index in [0.29, 0.717) is 0 Å².